The van der Waals surface area contributed by atoms with Gasteiger partial charge in [0.1, 0.15) is 0 Å². The summed E-state index contributed by atoms with van der Waals surface area (Å²) in [7, 11) is 0. The van der Waals surface area contributed by atoms with Gasteiger partial charge in [-0.15, -0.1) is 0 Å². The molecule has 2 amide bonds. The van der Waals surface area contributed by atoms with Gasteiger partial charge in [0.2, 0.25) is 11.8 Å². The molecule has 1 aromatic heterocycles. The maximum absolute atomic E-state index is 11.9. The summed E-state index contributed by atoms with van der Waals surface area (Å²) in [6.07, 6.45) is 4.10. The van der Waals surface area contributed by atoms with Gasteiger partial charge in [-0.25, -0.2) is 5.01 Å². The predicted octanol–water partition coefficient (Wildman–Crippen LogP) is 2.74. The van der Waals surface area contributed by atoms with Crippen molar-refractivity contribution < 1.29 is 9.59 Å². The number of carbonyl (C=O) groups excluding carboxylic acids is 2. The van der Waals surface area contributed by atoms with E-state index in [2.05, 4.69) is 15.4 Å². The molecule has 1 aliphatic rings. The molecule has 1 aliphatic heterocycles. The Bertz CT molecular complexity index is 784. The number of amides is 2. The van der Waals surface area contributed by atoms with Crippen LogP contribution in [0.25, 0.3) is 0 Å². The first kappa shape index (κ1) is 15.9. The molecule has 0 radical (unpaired) electrons. The fourth-order valence-electron chi connectivity index (χ4n) is 2.76. The van der Waals surface area contributed by atoms with E-state index in [4.69, 9.17) is 0 Å². The molecule has 1 atom stereocenters. The molecule has 0 spiro atoms. The minimum atomic E-state index is -0.138. The molecular weight excluding hydrogens is 304 g/mol. The predicted molar refractivity (Wildman–Crippen MR) is 91.4 cm³/mol. The van der Waals surface area contributed by atoms with Crippen LogP contribution in [0.5, 0.6) is 0 Å². The molecule has 24 heavy (non-hydrogen) atoms. The molecule has 0 aliphatic carbocycles. The summed E-state index contributed by atoms with van der Waals surface area (Å²) in [5.74, 6) is -0.214. The fraction of sp³-hybridized carbons (Fsp3) is 0.222. The monoisotopic (exact) mass is 322 g/mol. The molecular formula is C18H18N4O2. The normalized spacial score (nSPS) is 16.7. The smallest absolute Gasteiger partial charge is 0.240 e. The van der Waals surface area contributed by atoms with Gasteiger partial charge in [-0.1, -0.05) is 18.2 Å². The average Bonchev–Trinajstić information content (AvgIpc) is 3.01. The van der Waals surface area contributed by atoms with Crippen LogP contribution in [-0.2, 0) is 9.59 Å². The van der Waals surface area contributed by atoms with Gasteiger partial charge in [0, 0.05) is 38.3 Å². The van der Waals surface area contributed by atoms with E-state index in [1.165, 1.54) is 18.9 Å². The zero-order valence-electron chi connectivity index (χ0n) is 13.6. The lowest BCUT2D eigenvalue weighted by Gasteiger charge is -2.19. The standard InChI is InChI=1S/C18H18N4O2/c1-12(23)20-16-7-5-14(6-8-16)17-10-18(22(21-17)13(2)24)15-4-3-9-19-11-15/h3-9,11,18H,10H2,1-2H3,(H,20,23)/t18-/m1/s1. The molecule has 122 valence electrons. The number of hydrogen-bond donors (Lipinski definition) is 1. The second-order valence-electron chi connectivity index (χ2n) is 5.68. The van der Waals surface area contributed by atoms with Crippen LogP contribution >= 0.6 is 0 Å². The van der Waals surface area contributed by atoms with E-state index in [-0.39, 0.29) is 17.9 Å². The van der Waals surface area contributed by atoms with Gasteiger partial charge in [-0.2, -0.15) is 5.10 Å². The molecule has 0 unspecified atom stereocenters. The SMILES string of the molecule is CC(=O)Nc1ccc(C2=NN(C(C)=O)[C@@H](c3cccnc3)C2)cc1. The van der Waals surface area contributed by atoms with E-state index in [1.807, 2.05) is 36.4 Å². The summed E-state index contributed by atoms with van der Waals surface area (Å²) in [4.78, 5) is 27.2. The van der Waals surface area contributed by atoms with E-state index >= 15 is 0 Å². The van der Waals surface area contributed by atoms with E-state index in [0.29, 0.717) is 6.42 Å². The van der Waals surface area contributed by atoms with Crippen molar-refractivity contribution in [1.29, 1.82) is 0 Å². The summed E-state index contributed by atoms with van der Waals surface area (Å²) in [6.45, 7) is 2.98. The lowest BCUT2D eigenvalue weighted by molar-refractivity contribution is -0.130. The van der Waals surface area contributed by atoms with Gasteiger partial charge < -0.3 is 5.32 Å². The Morgan fingerprint density at radius 1 is 1.17 bits per heavy atom. The van der Waals surface area contributed by atoms with E-state index in [0.717, 1.165) is 22.5 Å². The number of pyridine rings is 1. The number of hydrazone groups is 1. The molecule has 6 nitrogen and oxygen atoms in total. The summed E-state index contributed by atoms with van der Waals surface area (Å²) in [5.41, 5.74) is 3.47. The molecule has 6 heteroatoms. The van der Waals surface area contributed by atoms with Gasteiger partial charge >= 0.3 is 0 Å². The zero-order chi connectivity index (χ0) is 17.1. The Morgan fingerprint density at radius 2 is 1.92 bits per heavy atom. The minimum Gasteiger partial charge on any atom is -0.326 e. The number of hydrogen-bond acceptors (Lipinski definition) is 4. The van der Waals surface area contributed by atoms with Crippen LogP contribution in [0.15, 0.2) is 53.9 Å². The topological polar surface area (TPSA) is 74.7 Å². The molecule has 1 aromatic carbocycles. The van der Waals surface area contributed by atoms with Crippen LogP contribution in [0.4, 0.5) is 5.69 Å². The first-order chi connectivity index (χ1) is 11.5. The molecule has 0 saturated carbocycles. The molecule has 0 saturated heterocycles. The second kappa shape index (κ2) is 6.62. The number of aromatic nitrogens is 1. The number of nitrogens with zero attached hydrogens (tertiary/aromatic N) is 3. The van der Waals surface area contributed by atoms with Gasteiger partial charge in [0.25, 0.3) is 0 Å². The summed E-state index contributed by atoms with van der Waals surface area (Å²) >= 11 is 0. The summed E-state index contributed by atoms with van der Waals surface area (Å²) in [6, 6.07) is 11.1. The third kappa shape index (κ3) is 3.32. The van der Waals surface area contributed by atoms with Crippen LogP contribution in [-0.4, -0.2) is 27.5 Å². The number of rotatable bonds is 3. The average molecular weight is 322 g/mol. The Morgan fingerprint density at radius 3 is 2.50 bits per heavy atom. The largest absolute Gasteiger partial charge is 0.326 e. The maximum Gasteiger partial charge on any atom is 0.240 e. The molecule has 2 heterocycles. The Kier molecular flexibility index (Phi) is 4.37. The lowest BCUT2D eigenvalue weighted by Crippen LogP contribution is -2.24. The van der Waals surface area contributed by atoms with E-state index in [1.54, 1.807) is 12.4 Å². The fourth-order valence-corrected chi connectivity index (χ4v) is 2.76. The molecule has 1 N–H and O–H groups in total. The van der Waals surface area contributed by atoms with Crippen molar-refractivity contribution in [2.24, 2.45) is 5.10 Å². The van der Waals surface area contributed by atoms with Crippen molar-refractivity contribution >= 4 is 23.2 Å². The van der Waals surface area contributed by atoms with Gasteiger partial charge in [0.05, 0.1) is 11.8 Å². The van der Waals surface area contributed by atoms with Crippen molar-refractivity contribution in [2.45, 2.75) is 26.3 Å². The van der Waals surface area contributed by atoms with Crippen molar-refractivity contribution in [3.05, 3.63) is 59.9 Å². The van der Waals surface area contributed by atoms with Crippen LogP contribution in [0.1, 0.15) is 37.4 Å². The van der Waals surface area contributed by atoms with Gasteiger partial charge in [0.15, 0.2) is 0 Å². The zero-order valence-corrected chi connectivity index (χ0v) is 13.6. The summed E-state index contributed by atoms with van der Waals surface area (Å²) < 4.78 is 0. The Balaban J connectivity index is 1.85. The maximum atomic E-state index is 11.9. The third-order valence-corrected chi connectivity index (χ3v) is 3.84. The highest BCUT2D eigenvalue weighted by atomic mass is 16.2. The number of benzene rings is 1. The van der Waals surface area contributed by atoms with Crippen molar-refractivity contribution in [3.63, 3.8) is 0 Å². The van der Waals surface area contributed by atoms with E-state index in [9.17, 15) is 9.59 Å². The number of anilines is 1. The lowest BCUT2D eigenvalue weighted by atomic mass is 9.99. The molecule has 3 rings (SSSR count). The third-order valence-electron chi connectivity index (χ3n) is 3.84. The second-order valence-corrected chi connectivity index (χ2v) is 5.68. The molecule has 0 bridgehead atoms. The highest BCUT2D eigenvalue weighted by Crippen LogP contribution is 2.32. The quantitative estimate of drug-likeness (QED) is 0.944. The van der Waals surface area contributed by atoms with E-state index < -0.39 is 0 Å². The highest BCUT2D eigenvalue weighted by molar-refractivity contribution is 6.03. The van der Waals surface area contributed by atoms with Gasteiger partial charge in [-0.3, -0.25) is 14.6 Å². The van der Waals surface area contributed by atoms with Crippen molar-refractivity contribution in [1.82, 2.24) is 9.99 Å². The van der Waals surface area contributed by atoms with Crippen LogP contribution < -0.4 is 5.32 Å². The summed E-state index contributed by atoms with van der Waals surface area (Å²) in [5, 5.41) is 8.73. The van der Waals surface area contributed by atoms with Crippen LogP contribution in [0, 0.1) is 0 Å². The first-order valence-corrected chi connectivity index (χ1v) is 7.70. The van der Waals surface area contributed by atoms with Crippen LogP contribution in [0.2, 0.25) is 0 Å². The first-order valence-electron chi connectivity index (χ1n) is 7.70. The number of nitrogens with one attached hydrogen (secondary N) is 1. The minimum absolute atomic E-state index is 0.103. The Hall–Kier alpha value is -3.02. The van der Waals surface area contributed by atoms with Crippen LogP contribution in [0.3, 0.4) is 0 Å². The molecule has 2 aromatic rings. The highest BCUT2D eigenvalue weighted by Gasteiger charge is 2.31. The number of carbonyl (C=O) groups is 2. The molecule has 0 fully saturated rings. The Labute approximate surface area is 140 Å². The van der Waals surface area contributed by atoms with Crippen molar-refractivity contribution in [2.75, 3.05) is 5.32 Å². The van der Waals surface area contributed by atoms with Gasteiger partial charge in [-0.05, 0) is 29.3 Å². The van der Waals surface area contributed by atoms with Crippen molar-refractivity contribution in [3.8, 4) is 0 Å².